The number of fused-ring (bicyclic) bond motifs is 6. The third-order valence-electron chi connectivity index (χ3n) is 7.57. The Bertz CT molecular complexity index is 2120. The van der Waals surface area contributed by atoms with Crippen LogP contribution in [0.3, 0.4) is 0 Å². The predicted octanol–water partition coefficient (Wildman–Crippen LogP) is 10.2. The number of nitrogens with zero attached hydrogens (tertiary/aromatic N) is 2. The van der Waals surface area contributed by atoms with E-state index in [2.05, 4.69) is 143 Å². The quantitative estimate of drug-likeness (QED) is 0.240. The number of para-hydroxylation sites is 5. The number of hydrogen-bond donors (Lipinski definition) is 0. The van der Waals surface area contributed by atoms with Crippen molar-refractivity contribution in [2.24, 2.45) is 0 Å². The lowest BCUT2D eigenvalue weighted by molar-refractivity contribution is 0.669. The highest BCUT2D eigenvalue weighted by atomic mass is 16.3. The van der Waals surface area contributed by atoms with Crippen LogP contribution >= 0.6 is 0 Å². The Hall–Kier alpha value is -5.28. The average Bonchev–Trinajstić information content (AvgIpc) is 3.54. The van der Waals surface area contributed by atoms with Gasteiger partial charge >= 0.3 is 0 Å². The van der Waals surface area contributed by atoms with Gasteiger partial charge in [-0.2, -0.15) is 0 Å². The molecule has 0 aliphatic rings. The second-order valence-corrected chi connectivity index (χ2v) is 9.81. The van der Waals surface area contributed by atoms with Crippen LogP contribution in [0.1, 0.15) is 0 Å². The summed E-state index contributed by atoms with van der Waals surface area (Å²) in [6.07, 6.45) is 0. The van der Waals surface area contributed by atoms with Crippen LogP contribution in [0.15, 0.2) is 150 Å². The summed E-state index contributed by atoms with van der Waals surface area (Å²) in [5, 5.41) is 4.72. The number of hydrogen-bond acceptors (Lipinski definition) is 2. The van der Waals surface area contributed by atoms with Gasteiger partial charge in [0.05, 0.1) is 16.7 Å². The molecular weight excluding hydrogens is 476 g/mol. The highest BCUT2D eigenvalue weighted by Crippen LogP contribution is 2.43. The maximum absolute atomic E-state index is 6.49. The van der Waals surface area contributed by atoms with Gasteiger partial charge in [-0.15, -0.1) is 0 Å². The van der Waals surface area contributed by atoms with Crippen molar-refractivity contribution in [2.45, 2.75) is 0 Å². The molecule has 8 aromatic rings. The van der Waals surface area contributed by atoms with E-state index in [1.54, 1.807) is 0 Å². The average molecular weight is 501 g/mol. The molecule has 2 aromatic heterocycles. The fourth-order valence-corrected chi connectivity index (χ4v) is 5.87. The van der Waals surface area contributed by atoms with Gasteiger partial charge in [-0.1, -0.05) is 91.0 Å². The second kappa shape index (κ2) is 8.64. The SMILES string of the molecule is c1ccc(N(c2ccc3c4ccccc4n(-c4ccccc4)c3c2)c2cccc3c2oc2ccccc23)cc1. The standard InChI is InChI=1S/C36H24N2O/c1-3-12-25(13-4-1)37(33-20-11-18-31-30-17-8-10-21-35(30)39-36(31)33)27-22-23-29-28-16-7-9-19-32(28)38(34(29)24-27)26-14-5-2-6-15-26/h1-24H. The summed E-state index contributed by atoms with van der Waals surface area (Å²) in [4.78, 5) is 2.30. The molecule has 0 amide bonds. The fraction of sp³-hybridized carbons (Fsp3) is 0. The summed E-state index contributed by atoms with van der Waals surface area (Å²) in [6.45, 7) is 0. The molecule has 0 N–H and O–H groups in total. The molecule has 184 valence electrons. The number of benzene rings is 6. The van der Waals surface area contributed by atoms with Gasteiger partial charge in [-0.25, -0.2) is 0 Å². The lowest BCUT2D eigenvalue weighted by Gasteiger charge is -2.25. The van der Waals surface area contributed by atoms with Crippen LogP contribution < -0.4 is 4.90 Å². The first-order valence-corrected chi connectivity index (χ1v) is 13.2. The van der Waals surface area contributed by atoms with Crippen molar-refractivity contribution in [3.63, 3.8) is 0 Å². The first kappa shape index (κ1) is 21.8. The van der Waals surface area contributed by atoms with Crippen molar-refractivity contribution < 1.29 is 4.42 Å². The molecule has 0 radical (unpaired) electrons. The smallest absolute Gasteiger partial charge is 0.159 e. The fourth-order valence-electron chi connectivity index (χ4n) is 5.87. The molecule has 8 rings (SSSR count). The largest absolute Gasteiger partial charge is 0.454 e. The number of furan rings is 1. The molecule has 0 unspecified atom stereocenters. The van der Waals surface area contributed by atoms with E-state index in [9.17, 15) is 0 Å². The zero-order chi connectivity index (χ0) is 25.8. The second-order valence-electron chi connectivity index (χ2n) is 9.81. The first-order chi connectivity index (χ1) is 19.4. The zero-order valence-electron chi connectivity index (χ0n) is 21.2. The molecule has 2 heterocycles. The van der Waals surface area contributed by atoms with Gasteiger partial charge in [0.1, 0.15) is 5.58 Å². The van der Waals surface area contributed by atoms with Crippen molar-refractivity contribution in [3.05, 3.63) is 146 Å². The molecule has 0 saturated carbocycles. The van der Waals surface area contributed by atoms with Crippen molar-refractivity contribution in [1.82, 2.24) is 4.57 Å². The summed E-state index contributed by atoms with van der Waals surface area (Å²) in [5.74, 6) is 0. The van der Waals surface area contributed by atoms with E-state index in [0.29, 0.717) is 0 Å². The first-order valence-electron chi connectivity index (χ1n) is 13.2. The summed E-state index contributed by atoms with van der Waals surface area (Å²) in [6, 6.07) is 51.2. The Kier molecular flexibility index (Phi) is 4.82. The van der Waals surface area contributed by atoms with E-state index in [-0.39, 0.29) is 0 Å². The van der Waals surface area contributed by atoms with Crippen LogP contribution in [0.25, 0.3) is 49.4 Å². The normalized spacial score (nSPS) is 11.6. The van der Waals surface area contributed by atoms with Gasteiger partial charge in [0.15, 0.2) is 5.58 Å². The molecule has 0 saturated heterocycles. The van der Waals surface area contributed by atoms with Crippen LogP contribution in [-0.2, 0) is 0 Å². The monoisotopic (exact) mass is 500 g/mol. The Morgan fingerprint density at radius 3 is 1.97 bits per heavy atom. The van der Waals surface area contributed by atoms with Gasteiger partial charge in [0, 0.05) is 38.6 Å². The summed E-state index contributed by atoms with van der Waals surface area (Å²) >= 11 is 0. The Morgan fingerprint density at radius 1 is 0.462 bits per heavy atom. The minimum Gasteiger partial charge on any atom is -0.454 e. The van der Waals surface area contributed by atoms with Crippen LogP contribution in [0.2, 0.25) is 0 Å². The van der Waals surface area contributed by atoms with Crippen LogP contribution in [0, 0.1) is 0 Å². The molecule has 0 aliphatic carbocycles. The molecule has 0 spiro atoms. The van der Waals surface area contributed by atoms with Crippen molar-refractivity contribution in [1.29, 1.82) is 0 Å². The lowest BCUT2D eigenvalue weighted by Crippen LogP contribution is -2.10. The molecule has 0 fully saturated rings. The van der Waals surface area contributed by atoms with Gasteiger partial charge in [-0.3, -0.25) is 0 Å². The van der Waals surface area contributed by atoms with Crippen molar-refractivity contribution >= 4 is 60.8 Å². The van der Waals surface area contributed by atoms with Crippen LogP contribution in [-0.4, -0.2) is 4.57 Å². The third kappa shape index (κ3) is 3.37. The Morgan fingerprint density at radius 2 is 1.13 bits per heavy atom. The summed E-state index contributed by atoms with van der Waals surface area (Å²) in [5.41, 5.74) is 8.44. The number of rotatable bonds is 4. The van der Waals surface area contributed by atoms with Gasteiger partial charge < -0.3 is 13.9 Å². The molecule has 0 bridgehead atoms. The van der Waals surface area contributed by atoms with E-state index in [0.717, 1.165) is 50.2 Å². The Labute approximate surface area is 225 Å². The molecule has 3 nitrogen and oxygen atoms in total. The lowest BCUT2D eigenvalue weighted by atomic mass is 10.1. The maximum atomic E-state index is 6.49. The van der Waals surface area contributed by atoms with Crippen LogP contribution in [0.4, 0.5) is 17.1 Å². The third-order valence-corrected chi connectivity index (χ3v) is 7.57. The van der Waals surface area contributed by atoms with Gasteiger partial charge in [0.25, 0.3) is 0 Å². The summed E-state index contributed by atoms with van der Waals surface area (Å²) < 4.78 is 8.85. The van der Waals surface area contributed by atoms with E-state index >= 15 is 0 Å². The highest BCUT2D eigenvalue weighted by Gasteiger charge is 2.21. The molecule has 3 heteroatoms. The molecule has 6 aromatic carbocycles. The molecular formula is C36H24N2O. The van der Waals surface area contributed by atoms with Crippen molar-refractivity contribution in [2.75, 3.05) is 4.90 Å². The topological polar surface area (TPSA) is 21.3 Å². The highest BCUT2D eigenvalue weighted by molar-refractivity contribution is 6.12. The number of aromatic nitrogens is 1. The molecule has 39 heavy (non-hydrogen) atoms. The number of anilines is 3. The van der Waals surface area contributed by atoms with Crippen LogP contribution in [0.5, 0.6) is 0 Å². The minimum atomic E-state index is 0.881. The van der Waals surface area contributed by atoms with E-state index in [1.165, 1.54) is 16.3 Å². The minimum absolute atomic E-state index is 0.881. The predicted molar refractivity (Wildman–Crippen MR) is 163 cm³/mol. The van der Waals surface area contributed by atoms with Gasteiger partial charge in [0.2, 0.25) is 0 Å². The molecule has 0 atom stereocenters. The molecule has 0 aliphatic heterocycles. The van der Waals surface area contributed by atoms with E-state index in [4.69, 9.17) is 4.42 Å². The zero-order valence-corrected chi connectivity index (χ0v) is 21.2. The summed E-state index contributed by atoms with van der Waals surface area (Å²) in [7, 11) is 0. The Balaban J connectivity index is 1.44. The van der Waals surface area contributed by atoms with E-state index < -0.39 is 0 Å². The van der Waals surface area contributed by atoms with E-state index in [1.807, 2.05) is 12.1 Å². The maximum Gasteiger partial charge on any atom is 0.159 e. The van der Waals surface area contributed by atoms with Gasteiger partial charge in [-0.05, 0) is 54.6 Å². The van der Waals surface area contributed by atoms with Crippen molar-refractivity contribution in [3.8, 4) is 5.69 Å².